The van der Waals surface area contributed by atoms with E-state index in [9.17, 15) is 9.59 Å². The molecule has 0 spiro atoms. The van der Waals surface area contributed by atoms with Crippen molar-refractivity contribution in [2.45, 2.75) is 38.5 Å². The Morgan fingerprint density at radius 3 is 1.40 bits per heavy atom. The molecule has 1 fully saturated rings. The van der Waals surface area contributed by atoms with Crippen molar-refractivity contribution in [3.05, 3.63) is 92.7 Å². The van der Waals surface area contributed by atoms with Crippen molar-refractivity contribution in [3.8, 4) is 19.5 Å². The van der Waals surface area contributed by atoms with Gasteiger partial charge < -0.3 is 0 Å². The highest BCUT2D eigenvalue weighted by molar-refractivity contribution is 7.27. The Balaban J connectivity index is 1.03. The molecule has 0 amide bonds. The van der Waals surface area contributed by atoms with Crippen LogP contribution < -0.4 is 0 Å². The number of carbonyl (C=O) groups excluding carboxylic acids is 2. The van der Waals surface area contributed by atoms with Gasteiger partial charge in [-0.1, -0.05) is 35.4 Å². The van der Waals surface area contributed by atoms with Crippen molar-refractivity contribution >= 4 is 77.1 Å². The van der Waals surface area contributed by atoms with Crippen molar-refractivity contribution in [3.63, 3.8) is 0 Å². The second-order valence-electron chi connectivity index (χ2n) is 11.7. The average Bonchev–Trinajstić information content (AvgIpc) is 3.76. The summed E-state index contributed by atoms with van der Waals surface area (Å²) in [6.07, 6.45) is 1.61. The van der Waals surface area contributed by atoms with E-state index >= 15 is 0 Å². The number of benzene rings is 2. The van der Waals surface area contributed by atoms with E-state index in [0.29, 0.717) is 11.6 Å². The standard InChI is InChI=1S/C34H24O2S4/c1-15-3-5-25-17(7-15)9-27(37-25)29-13-23-31(35)19-12-22-20(11-21(19)33(23)39-29)32(36)24-14-30(40-34(22)24)28-10-18-8-16(2)4-6-26(18)38-28/h3-10,13-14,19-22H,11-12H2,1-2H3. The van der Waals surface area contributed by atoms with E-state index < -0.39 is 0 Å². The van der Waals surface area contributed by atoms with E-state index in [1.54, 1.807) is 45.3 Å². The Morgan fingerprint density at radius 2 is 0.950 bits per heavy atom. The van der Waals surface area contributed by atoms with Crippen LogP contribution in [0.3, 0.4) is 0 Å². The molecule has 0 saturated heterocycles. The van der Waals surface area contributed by atoms with Gasteiger partial charge in [-0.05, 0) is 73.9 Å². The maximum atomic E-state index is 13.8. The number of Topliss-reactive ketones (excluding diaryl/α,β-unsaturated/α-hetero) is 2. The highest BCUT2D eigenvalue weighted by atomic mass is 32.1. The van der Waals surface area contributed by atoms with Gasteiger partial charge in [0.25, 0.3) is 0 Å². The monoisotopic (exact) mass is 592 g/mol. The van der Waals surface area contributed by atoms with Gasteiger partial charge in [-0.3, -0.25) is 9.59 Å². The highest BCUT2D eigenvalue weighted by Gasteiger charge is 2.53. The average molecular weight is 593 g/mol. The molecule has 0 aliphatic heterocycles. The lowest BCUT2D eigenvalue weighted by Gasteiger charge is -2.33. The molecular formula is C34H24O2S4. The normalized spacial score (nSPS) is 23.1. The number of hydrogen-bond acceptors (Lipinski definition) is 6. The Morgan fingerprint density at radius 1 is 0.525 bits per heavy atom. The van der Waals surface area contributed by atoms with Gasteiger partial charge in [0, 0.05) is 73.5 Å². The topological polar surface area (TPSA) is 34.1 Å². The van der Waals surface area contributed by atoms with Crippen molar-refractivity contribution in [2.75, 3.05) is 0 Å². The second-order valence-corrected chi connectivity index (χ2v) is 16.0. The number of fused-ring (bicyclic) bond motifs is 8. The second kappa shape index (κ2) is 8.32. The first kappa shape index (κ1) is 23.8. The van der Waals surface area contributed by atoms with Gasteiger partial charge in [-0.15, -0.1) is 45.3 Å². The summed E-state index contributed by atoms with van der Waals surface area (Å²) in [7, 11) is 0. The summed E-state index contributed by atoms with van der Waals surface area (Å²) >= 11 is 7.19. The van der Waals surface area contributed by atoms with Crippen LogP contribution in [0.5, 0.6) is 0 Å². The first-order valence-electron chi connectivity index (χ1n) is 13.8. The zero-order valence-electron chi connectivity index (χ0n) is 21.9. The van der Waals surface area contributed by atoms with Crippen molar-refractivity contribution in [2.24, 2.45) is 11.8 Å². The molecule has 3 aliphatic carbocycles. The van der Waals surface area contributed by atoms with E-state index in [4.69, 9.17) is 0 Å². The molecule has 0 radical (unpaired) electrons. The van der Waals surface area contributed by atoms with Crippen LogP contribution >= 0.6 is 45.3 Å². The molecule has 2 nitrogen and oxygen atoms in total. The van der Waals surface area contributed by atoms with Gasteiger partial charge in [0.1, 0.15) is 0 Å². The van der Waals surface area contributed by atoms with E-state index in [2.05, 4.69) is 74.5 Å². The summed E-state index contributed by atoms with van der Waals surface area (Å²) in [5.74, 6) is 0.993. The van der Waals surface area contributed by atoms with Crippen molar-refractivity contribution < 1.29 is 9.59 Å². The lowest BCUT2D eigenvalue weighted by molar-refractivity contribution is 0.0790. The summed E-state index contributed by atoms with van der Waals surface area (Å²) in [5.41, 5.74) is 4.37. The number of ketones is 2. The van der Waals surface area contributed by atoms with Crippen molar-refractivity contribution in [1.82, 2.24) is 0 Å². The van der Waals surface area contributed by atoms with Crippen LogP contribution in [0.4, 0.5) is 0 Å². The third kappa shape index (κ3) is 3.31. The summed E-state index contributed by atoms with van der Waals surface area (Å²) in [4.78, 5) is 34.8. The predicted octanol–water partition coefficient (Wildman–Crippen LogP) is 10.5. The van der Waals surface area contributed by atoms with Gasteiger partial charge in [0.05, 0.1) is 0 Å². The first-order chi connectivity index (χ1) is 19.4. The van der Waals surface area contributed by atoms with E-state index in [0.717, 1.165) is 24.0 Å². The molecule has 3 aliphatic rings. The third-order valence-electron chi connectivity index (χ3n) is 9.22. The fourth-order valence-corrected chi connectivity index (χ4v) is 12.2. The van der Waals surface area contributed by atoms with Gasteiger partial charge in [-0.25, -0.2) is 0 Å². The lowest BCUT2D eigenvalue weighted by Crippen LogP contribution is -2.29. The molecule has 40 heavy (non-hydrogen) atoms. The van der Waals surface area contributed by atoms with Gasteiger partial charge in [-0.2, -0.15) is 0 Å². The van der Waals surface area contributed by atoms with Crippen LogP contribution in [-0.4, -0.2) is 11.6 Å². The molecule has 4 unspecified atom stereocenters. The number of thiophene rings is 4. The van der Waals surface area contributed by atoms with E-state index in [1.165, 1.54) is 60.6 Å². The summed E-state index contributed by atoms with van der Waals surface area (Å²) in [5, 5.41) is 2.54. The minimum absolute atomic E-state index is 0.0122. The molecule has 2 aromatic carbocycles. The zero-order valence-corrected chi connectivity index (χ0v) is 25.2. The Hall–Kier alpha value is -2.90. The van der Waals surface area contributed by atoms with Crippen molar-refractivity contribution in [1.29, 1.82) is 0 Å². The van der Waals surface area contributed by atoms with Gasteiger partial charge in [0.15, 0.2) is 11.6 Å². The fourth-order valence-electron chi connectivity index (χ4n) is 7.32. The fraction of sp³-hybridized carbons (Fsp3) is 0.235. The minimum atomic E-state index is 0.0122. The largest absolute Gasteiger partial charge is 0.294 e. The number of carbonyl (C=O) groups is 2. The molecule has 6 aromatic rings. The van der Waals surface area contributed by atoms with E-state index in [-0.39, 0.29) is 23.7 Å². The molecule has 1 saturated carbocycles. The Labute approximate surface area is 247 Å². The molecule has 0 bridgehead atoms. The maximum Gasteiger partial charge on any atom is 0.167 e. The van der Waals surface area contributed by atoms with E-state index in [1.807, 2.05) is 0 Å². The molecular weight excluding hydrogens is 569 g/mol. The first-order valence-corrected chi connectivity index (χ1v) is 17.0. The molecule has 4 aromatic heterocycles. The molecule has 4 heterocycles. The molecule has 6 heteroatoms. The van der Waals surface area contributed by atoms with Crippen LogP contribution in [0.2, 0.25) is 0 Å². The Kier molecular flexibility index (Phi) is 4.95. The lowest BCUT2D eigenvalue weighted by atomic mass is 9.70. The highest BCUT2D eigenvalue weighted by Crippen LogP contribution is 2.61. The number of hydrogen-bond donors (Lipinski definition) is 0. The predicted molar refractivity (Wildman–Crippen MR) is 170 cm³/mol. The number of rotatable bonds is 2. The summed E-state index contributed by atoms with van der Waals surface area (Å²) < 4.78 is 2.57. The smallest absolute Gasteiger partial charge is 0.167 e. The van der Waals surface area contributed by atoms with Crippen LogP contribution in [0.25, 0.3) is 39.7 Å². The molecule has 0 N–H and O–H groups in total. The van der Waals surface area contributed by atoms with Crippen LogP contribution in [0.1, 0.15) is 66.3 Å². The third-order valence-corrected chi connectivity index (χ3v) is 14.4. The van der Waals surface area contributed by atoms with Crippen LogP contribution in [0, 0.1) is 25.7 Å². The molecule has 196 valence electrons. The Bertz CT molecular complexity index is 1920. The van der Waals surface area contributed by atoms with Gasteiger partial charge >= 0.3 is 0 Å². The minimum Gasteiger partial charge on any atom is -0.294 e. The van der Waals surface area contributed by atoms with Crippen LogP contribution in [0.15, 0.2) is 60.7 Å². The summed E-state index contributed by atoms with van der Waals surface area (Å²) in [6, 6.07) is 22.0. The molecule has 4 atom stereocenters. The SMILES string of the molecule is Cc1ccc2sc(-c3cc4c(s3)C3CC5C(=O)c6cc(-c7cc8cc(C)ccc8s7)sc6C5CC3C4=O)cc2c1. The molecule has 9 rings (SSSR count). The number of aryl methyl sites for hydroxylation is 2. The quantitative estimate of drug-likeness (QED) is 0.200. The van der Waals surface area contributed by atoms with Crippen LogP contribution in [-0.2, 0) is 0 Å². The maximum absolute atomic E-state index is 13.8. The van der Waals surface area contributed by atoms with Gasteiger partial charge in [0.2, 0.25) is 0 Å². The zero-order chi connectivity index (χ0) is 26.9. The summed E-state index contributed by atoms with van der Waals surface area (Å²) in [6.45, 7) is 4.25.